The Kier molecular flexibility index (Phi) is 4.40. The Labute approximate surface area is 114 Å². The molecule has 0 aromatic heterocycles. The third-order valence-corrected chi connectivity index (χ3v) is 5.68. The molecule has 1 aromatic carbocycles. The predicted octanol–water partition coefficient (Wildman–Crippen LogP) is 2.86. The van der Waals surface area contributed by atoms with Gasteiger partial charge in [-0.1, -0.05) is 31.5 Å². The van der Waals surface area contributed by atoms with Crippen LogP contribution >= 0.6 is 0 Å². The van der Waals surface area contributed by atoms with Gasteiger partial charge in [-0.05, 0) is 31.4 Å². The van der Waals surface area contributed by atoms with Gasteiger partial charge in [0.05, 0.1) is 10.6 Å². The minimum Gasteiger partial charge on any atom is -0.299 e. The molecule has 3 nitrogen and oxygen atoms in total. The van der Waals surface area contributed by atoms with Crippen LogP contribution in [-0.2, 0) is 14.6 Å². The lowest BCUT2D eigenvalue weighted by Gasteiger charge is -2.25. The minimum absolute atomic E-state index is 0.0674. The zero-order chi connectivity index (χ0) is 13.9. The molecular formula is C15H20O3S. The Balaban J connectivity index is 2.00. The van der Waals surface area contributed by atoms with E-state index in [0.717, 1.165) is 19.3 Å². The van der Waals surface area contributed by atoms with Crippen LogP contribution in [0.5, 0.6) is 0 Å². The molecule has 2 rings (SSSR count). The number of hydrogen-bond donors (Lipinski definition) is 0. The van der Waals surface area contributed by atoms with Crippen LogP contribution in [0.3, 0.4) is 0 Å². The third-order valence-electron chi connectivity index (χ3n) is 3.92. The molecule has 1 aromatic rings. The first-order valence-electron chi connectivity index (χ1n) is 6.82. The van der Waals surface area contributed by atoms with Crippen LogP contribution in [-0.4, -0.2) is 20.0 Å². The van der Waals surface area contributed by atoms with Crippen LogP contribution in [0.1, 0.15) is 32.6 Å². The minimum atomic E-state index is -3.25. The molecule has 1 aliphatic rings. The van der Waals surface area contributed by atoms with Gasteiger partial charge in [0.15, 0.2) is 9.84 Å². The second-order valence-electron chi connectivity index (χ2n) is 5.35. The zero-order valence-electron chi connectivity index (χ0n) is 11.2. The molecule has 4 heteroatoms. The Morgan fingerprint density at radius 2 is 1.84 bits per heavy atom. The third kappa shape index (κ3) is 3.44. The lowest BCUT2D eigenvalue weighted by Crippen LogP contribution is -2.28. The Bertz CT molecular complexity index is 534. The molecule has 1 saturated carbocycles. The number of Topliss-reactive ketones (excluding diaryl/α,β-unsaturated/α-hetero) is 1. The van der Waals surface area contributed by atoms with Crippen molar-refractivity contribution in [2.24, 2.45) is 11.8 Å². The molecule has 0 heterocycles. The summed E-state index contributed by atoms with van der Waals surface area (Å²) < 4.78 is 24.3. The van der Waals surface area contributed by atoms with E-state index in [1.165, 1.54) is 0 Å². The summed E-state index contributed by atoms with van der Waals surface area (Å²) in [5, 5.41) is 0. The Hall–Kier alpha value is -1.16. The summed E-state index contributed by atoms with van der Waals surface area (Å²) in [6, 6.07) is 8.47. The molecular weight excluding hydrogens is 260 g/mol. The van der Waals surface area contributed by atoms with Crippen molar-refractivity contribution in [2.45, 2.75) is 37.5 Å². The van der Waals surface area contributed by atoms with E-state index in [0.29, 0.717) is 11.3 Å². The van der Waals surface area contributed by atoms with E-state index in [1.807, 2.05) is 6.92 Å². The Morgan fingerprint density at radius 3 is 2.53 bits per heavy atom. The highest BCUT2D eigenvalue weighted by Gasteiger charge is 2.29. The summed E-state index contributed by atoms with van der Waals surface area (Å²) in [5.74, 6) is 0.343. The number of benzene rings is 1. The smallest absolute Gasteiger partial charge is 0.178 e. The summed E-state index contributed by atoms with van der Waals surface area (Å²) in [4.78, 5) is 12.3. The topological polar surface area (TPSA) is 51.2 Å². The van der Waals surface area contributed by atoms with Crippen LogP contribution < -0.4 is 0 Å². The average molecular weight is 280 g/mol. The van der Waals surface area contributed by atoms with Gasteiger partial charge >= 0.3 is 0 Å². The maximum Gasteiger partial charge on any atom is 0.178 e. The van der Waals surface area contributed by atoms with E-state index in [9.17, 15) is 13.2 Å². The van der Waals surface area contributed by atoms with Crippen LogP contribution in [0.15, 0.2) is 35.2 Å². The SMILES string of the molecule is C[C@@H]1CCC[C@H](CCS(=O)(=O)c2ccccc2)C1=O. The number of carbonyl (C=O) groups excluding carboxylic acids is 1. The van der Waals surface area contributed by atoms with Crippen molar-refractivity contribution in [3.63, 3.8) is 0 Å². The second-order valence-corrected chi connectivity index (χ2v) is 7.46. The summed E-state index contributed by atoms with van der Waals surface area (Å²) >= 11 is 0. The monoisotopic (exact) mass is 280 g/mol. The summed E-state index contributed by atoms with van der Waals surface area (Å²) in [5.41, 5.74) is 0. The number of hydrogen-bond acceptors (Lipinski definition) is 3. The van der Waals surface area contributed by atoms with Gasteiger partial charge in [0.2, 0.25) is 0 Å². The fourth-order valence-corrected chi connectivity index (χ4v) is 4.09. The number of sulfone groups is 1. The molecule has 0 unspecified atom stereocenters. The van der Waals surface area contributed by atoms with Crippen LogP contribution in [0.25, 0.3) is 0 Å². The average Bonchev–Trinajstić information content (AvgIpc) is 2.41. The fourth-order valence-electron chi connectivity index (χ4n) is 2.69. The molecule has 0 N–H and O–H groups in total. The summed E-state index contributed by atoms with van der Waals surface area (Å²) in [6.45, 7) is 1.94. The molecule has 1 fully saturated rings. The molecule has 2 atom stereocenters. The molecule has 104 valence electrons. The molecule has 0 aliphatic heterocycles. The van der Waals surface area contributed by atoms with Gasteiger partial charge in [-0.3, -0.25) is 4.79 Å². The van der Waals surface area contributed by atoms with Crippen molar-refractivity contribution >= 4 is 15.6 Å². The zero-order valence-corrected chi connectivity index (χ0v) is 12.0. The van der Waals surface area contributed by atoms with Gasteiger partial charge in [0.1, 0.15) is 5.78 Å². The largest absolute Gasteiger partial charge is 0.299 e. The number of rotatable bonds is 4. The summed E-state index contributed by atoms with van der Waals surface area (Å²) in [6.07, 6.45) is 3.28. The molecule has 0 spiro atoms. The van der Waals surface area contributed by atoms with Crippen LogP contribution in [0.2, 0.25) is 0 Å². The lowest BCUT2D eigenvalue weighted by atomic mass is 9.80. The molecule has 0 bridgehead atoms. The van der Waals surface area contributed by atoms with Gasteiger partial charge in [0, 0.05) is 11.8 Å². The van der Waals surface area contributed by atoms with Crippen LogP contribution in [0.4, 0.5) is 0 Å². The first-order chi connectivity index (χ1) is 9.00. The highest BCUT2D eigenvalue weighted by Crippen LogP contribution is 2.28. The second kappa shape index (κ2) is 5.87. The van der Waals surface area contributed by atoms with E-state index in [2.05, 4.69) is 0 Å². The van der Waals surface area contributed by atoms with E-state index in [1.54, 1.807) is 30.3 Å². The van der Waals surface area contributed by atoms with Gasteiger partial charge in [-0.2, -0.15) is 0 Å². The summed E-state index contributed by atoms with van der Waals surface area (Å²) in [7, 11) is -3.25. The molecule has 19 heavy (non-hydrogen) atoms. The van der Waals surface area contributed by atoms with E-state index >= 15 is 0 Å². The van der Waals surface area contributed by atoms with Gasteiger partial charge in [-0.15, -0.1) is 0 Å². The highest BCUT2D eigenvalue weighted by molar-refractivity contribution is 7.91. The molecule has 0 amide bonds. The van der Waals surface area contributed by atoms with Crippen molar-refractivity contribution in [3.05, 3.63) is 30.3 Å². The highest BCUT2D eigenvalue weighted by atomic mass is 32.2. The van der Waals surface area contributed by atoms with Gasteiger partial charge in [-0.25, -0.2) is 8.42 Å². The number of ketones is 1. The van der Waals surface area contributed by atoms with Gasteiger partial charge in [0.25, 0.3) is 0 Å². The first kappa shape index (κ1) is 14.3. The molecule has 0 saturated heterocycles. The van der Waals surface area contributed by atoms with Crippen molar-refractivity contribution < 1.29 is 13.2 Å². The van der Waals surface area contributed by atoms with Crippen molar-refractivity contribution in [3.8, 4) is 0 Å². The lowest BCUT2D eigenvalue weighted by molar-refractivity contribution is -0.128. The van der Waals surface area contributed by atoms with E-state index < -0.39 is 9.84 Å². The molecule has 0 radical (unpaired) electrons. The quantitative estimate of drug-likeness (QED) is 0.852. The van der Waals surface area contributed by atoms with E-state index in [-0.39, 0.29) is 23.4 Å². The Morgan fingerprint density at radius 1 is 1.16 bits per heavy atom. The van der Waals surface area contributed by atoms with Crippen molar-refractivity contribution in [2.75, 3.05) is 5.75 Å². The fraction of sp³-hybridized carbons (Fsp3) is 0.533. The van der Waals surface area contributed by atoms with Crippen LogP contribution in [0, 0.1) is 11.8 Å². The van der Waals surface area contributed by atoms with Crippen molar-refractivity contribution in [1.82, 2.24) is 0 Å². The predicted molar refractivity (Wildman–Crippen MR) is 74.6 cm³/mol. The standard InChI is InChI=1S/C15H20O3S/c1-12-6-5-7-13(15(12)16)10-11-19(17,18)14-8-3-2-4-9-14/h2-4,8-9,12-13H,5-7,10-11H2,1H3/t12-,13-/m1/s1. The van der Waals surface area contributed by atoms with Crippen molar-refractivity contribution in [1.29, 1.82) is 0 Å². The maximum absolute atomic E-state index is 12.2. The van der Waals surface area contributed by atoms with Gasteiger partial charge < -0.3 is 0 Å². The molecule has 1 aliphatic carbocycles. The first-order valence-corrected chi connectivity index (χ1v) is 8.47. The van der Waals surface area contributed by atoms with E-state index in [4.69, 9.17) is 0 Å². The maximum atomic E-state index is 12.2. The number of carbonyl (C=O) groups is 1. The normalized spacial score (nSPS) is 24.4.